The van der Waals surface area contributed by atoms with E-state index in [0.717, 1.165) is 60.1 Å². The third-order valence-electron chi connectivity index (χ3n) is 8.32. The van der Waals surface area contributed by atoms with Crippen molar-refractivity contribution in [3.8, 4) is 17.6 Å². The summed E-state index contributed by atoms with van der Waals surface area (Å²) in [6, 6.07) is 10.0. The lowest BCUT2D eigenvalue weighted by Gasteiger charge is -2.31. The molecule has 0 bridgehead atoms. The number of piperidine rings is 1. The van der Waals surface area contributed by atoms with Crippen molar-refractivity contribution in [1.29, 1.82) is 5.26 Å². The van der Waals surface area contributed by atoms with Crippen LogP contribution < -0.4 is 10.9 Å². The summed E-state index contributed by atoms with van der Waals surface area (Å²) in [7, 11) is 1.81. The van der Waals surface area contributed by atoms with E-state index in [-0.39, 0.29) is 17.6 Å². The van der Waals surface area contributed by atoms with Crippen LogP contribution in [0.1, 0.15) is 56.3 Å². The fourth-order valence-electron chi connectivity index (χ4n) is 6.20. The van der Waals surface area contributed by atoms with E-state index >= 15 is 0 Å². The molecule has 5 aromatic rings. The molecule has 0 radical (unpaired) electrons. The molecule has 6 rings (SSSR count). The molecule has 5 heterocycles. The molecule has 11 nitrogen and oxygen atoms in total. The minimum atomic E-state index is -0.195. The Balaban J connectivity index is 1.44. The SMILES string of the molecule is CCn1c(=O)c2cc(C)cc(C(C)Nc3ccc(Cl)nc3-c3ncn(C)n3)c2c2cn(C3CCN(CCC#N)CC3)nc21. The Hall–Kier alpha value is -4.27. The van der Waals surface area contributed by atoms with Crippen molar-refractivity contribution in [3.63, 3.8) is 0 Å². The number of anilines is 1. The zero-order valence-corrected chi connectivity index (χ0v) is 25.6. The number of aryl methyl sites for hydroxylation is 3. The van der Waals surface area contributed by atoms with Crippen molar-refractivity contribution in [2.75, 3.05) is 25.0 Å². The van der Waals surface area contributed by atoms with Crippen LogP contribution in [0, 0.1) is 18.3 Å². The van der Waals surface area contributed by atoms with Crippen molar-refractivity contribution in [2.24, 2.45) is 7.05 Å². The number of nitrogens with zero attached hydrogens (tertiary/aromatic N) is 9. The Kier molecular flexibility index (Phi) is 7.90. The topological polar surface area (TPSA) is 122 Å². The Bertz CT molecular complexity index is 1910. The minimum absolute atomic E-state index is 0.0368. The molecule has 1 fully saturated rings. The quantitative estimate of drug-likeness (QED) is 0.240. The number of likely N-dealkylation sites (tertiary alicyclic amines) is 1. The first-order valence-corrected chi connectivity index (χ1v) is 15.1. The van der Waals surface area contributed by atoms with Crippen LogP contribution in [0.4, 0.5) is 5.69 Å². The van der Waals surface area contributed by atoms with Crippen molar-refractivity contribution in [1.82, 2.24) is 39.0 Å². The molecule has 12 heteroatoms. The summed E-state index contributed by atoms with van der Waals surface area (Å²) in [5.74, 6) is 0.474. The molecule has 0 saturated carbocycles. The lowest BCUT2D eigenvalue weighted by molar-refractivity contribution is 0.183. The first kappa shape index (κ1) is 28.8. The summed E-state index contributed by atoms with van der Waals surface area (Å²) in [6.45, 7) is 9.28. The van der Waals surface area contributed by atoms with E-state index in [1.54, 1.807) is 21.6 Å². The average Bonchev–Trinajstić information content (AvgIpc) is 3.64. The third kappa shape index (κ3) is 5.48. The second kappa shape index (κ2) is 11.8. The smallest absolute Gasteiger partial charge is 0.260 e. The number of rotatable bonds is 8. The maximum Gasteiger partial charge on any atom is 0.260 e. The molecule has 43 heavy (non-hydrogen) atoms. The van der Waals surface area contributed by atoms with Crippen LogP contribution in [-0.4, -0.2) is 58.6 Å². The summed E-state index contributed by atoms with van der Waals surface area (Å²) in [6.07, 6.45) is 6.20. The minimum Gasteiger partial charge on any atom is -0.377 e. The summed E-state index contributed by atoms with van der Waals surface area (Å²) in [5.41, 5.74) is 3.98. The summed E-state index contributed by atoms with van der Waals surface area (Å²) >= 11 is 6.27. The van der Waals surface area contributed by atoms with Gasteiger partial charge in [0.25, 0.3) is 5.56 Å². The highest BCUT2D eigenvalue weighted by Gasteiger charge is 2.25. The fourth-order valence-corrected chi connectivity index (χ4v) is 6.35. The molecule has 4 aromatic heterocycles. The van der Waals surface area contributed by atoms with Gasteiger partial charge in [0, 0.05) is 68.0 Å². The Labute approximate surface area is 254 Å². The first-order chi connectivity index (χ1) is 20.8. The molecule has 222 valence electrons. The number of aromatic nitrogens is 7. The van der Waals surface area contributed by atoms with E-state index in [4.69, 9.17) is 22.0 Å². The maximum atomic E-state index is 13.9. The average molecular weight is 599 g/mol. The lowest BCUT2D eigenvalue weighted by Crippen LogP contribution is -2.35. The van der Waals surface area contributed by atoms with Crippen molar-refractivity contribution in [3.05, 3.63) is 63.4 Å². The number of fused-ring (bicyclic) bond motifs is 3. The highest BCUT2D eigenvalue weighted by Crippen LogP contribution is 2.35. The zero-order chi connectivity index (χ0) is 30.2. The highest BCUT2D eigenvalue weighted by atomic mass is 35.5. The Morgan fingerprint density at radius 3 is 2.67 bits per heavy atom. The number of nitrogens with one attached hydrogen (secondary N) is 1. The molecule has 1 aliphatic heterocycles. The monoisotopic (exact) mass is 598 g/mol. The van der Waals surface area contributed by atoms with Gasteiger partial charge in [-0.1, -0.05) is 17.7 Å². The van der Waals surface area contributed by atoms with Gasteiger partial charge < -0.3 is 10.2 Å². The largest absolute Gasteiger partial charge is 0.377 e. The number of pyridine rings is 2. The van der Waals surface area contributed by atoms with E-state index in [0.29, 0.717) is 40.7 Å². The standard InChI is InChI=1S/C31H35ClN10O/c1-5-41-30-24(17-42(38-30)21-9-13-40(14-10-21)12-6-11-33)27-22(15-19(2)16-23(27)31(41)43)20(3)35-25-7-8-26(32)36-28(25)29-34-18-39(4)37-29/h7-8,15-18,20-21,35H,5-6,9-10,12-14H2,1-4H3. The van der Waals surface area contributed by atoms with Gasteiger partial charge >= 0.3 is 0 Å². The third-order valence-corrected chi connectivity index (χ3v) is 8.54. The predicted octanol–water partition coefficient (Wildman–Crippen LogP) is 5.25. The number of halogens is 1. The van der Waals surface area contributed by atoms with Gasteiger partial charge in [0.2, 0.25) is 5.82 Å². The van der Waals surface area contributed by atoms with E-state index < -0.39 is 0 Å². The molecule has 1 saturated heterocycles. The zero-order valence-electron chi connectivity index (χ0n) is 24.9. The first-order valence-electron chi connectivity index (χ1n) is 14.7. The van der Waals surface area contributed by atoms with Crippen LogP contribution in [0.15, 0.2) is 41.6 Å². The molecule has 0 aliphatic carbocycles. The fraction of sp³-hybridized carbons (Fsp3) is 0.419. The molecule has 0 spiro atoms. The van der Waals surface area contributed by atoms with Gasteiger partial charge in [-0.25, -0.2) is 9.97 Å². The molecule has 1 atom stereocenters. The number of hydrogen-bond donors (Lipinski definition) is 1. The second-order valence-corrected chi connectivity index (χ2v) is 11.7. The molecule has 1 aromatic carbocycles. The van der Waals surface area contributed by atoms with E-state index in [2.05, 4.69) is 55.2 Å². The van der Waals surface area contributed by atoms with Crippen molar-refractivity contribution in [2.45, 2.75) is 58.7 Å². The second-order valence-electron chi connectivity index (χ2n) is 11.3. The van der Waals surface area contributed by atoms with Gasteiger partial charge in [0.1, 0.15) is 17.2 Å². The van der Waals surface area contributed by atoms with Crippen LogP contribution >= 0.6 is 11.6 Å². The number of benzene rings is 1. The lowest BCUT2D eigenvalue weighted by atomic mass is 9.95. The summed E-state index contributed by atoms with van der Waals surface area (Å²) < 4.78 is 5.47. The van der Waals surface area contributed by atoms with Crippen molar-refractivity contribution >= 4 is 39.1 Å². The van der Waals surface area contributed by atoms with Crippen LogP contribution in [0.25, 0.3) is 33.3 Å². The van der Waals surface area contributed by atoms with Gasteiger partial charge in [-0.15, -0.1) is 5.10 Å². The van der Waals surface area contributed by atoms with Gasteiger partial charge in [0.05, 0.1) is 17.8 Å². The van der Waals surface area contributed by atoms with Crippen LogP contribution in [-0.2, 0) is 13.6 Å². The molecular weight excluding hydrogens is 564 g/mol. The van der Waals surface area contributed by atoms with E-state index in [9.17, 15) is 4.79 Å². The van der Waals surface area contributed by atoms with Gasteiger partial charge in [-0.2, -0.15) is 10.4 Å². The maximum absolute atomic E-state index is 13.9. The predicted molar refractivity (Wildman–Crippen MR) is 168 cm³/mol. The van der Waals surface area contributed by atoms with E-state index in [1.807, 2.05) is 33.0 Å². The number of nitriles is 1. The van der Waals surface area contributed by atoms with Crippen molar-refractivity contribution < 1.29 is 0 Å². The summed E-state index contributed by atoms with van der Waals surface area (Å²) in [5, 5.41) is 25.0. The van der Waals surface area contributed by atoms with E-state index in [1.165, 1.54) is 0 Å². The normalized spacial score (nSPS) is 15.3. The van der Waals surface area contributed by atoms with Gasteiger partial charge in [0.15, 0.2) is 5.65 Å². The van der Waals surface area contributed by atoms with Crippen LogP contribution in [0.5, 0.6) is 0 Å². The number of hydrogen-bond acceptors (Lipinski definition) is 8. The molecule has 0 amide bonds. The van der Waals surface area contributed by atoms with Gasteiger partial charge in [-0.05, 0) is 62.9 Å². The van der Waals surface area contributed by atoms with Crippen LogP contribution in [0.2, 0.25) is 5.15 Å². The highest BCUT2D eigenvalue weighted by molar-refractivity contribution is 6.29. The van der Waals surface area contributed by atoms with Gasteiger partial charge in [-0.3, -0.25) is 18.7 Å². The molecule has 1 aliphatic rings. The summed E-state index contributed by atoms with van der Waals surface area (Å²) in [4.78, 5) is 25.1. The molecule has 1 unspecified atom stereocenters. The molecular formula is C31H35ClN10O. The Morgan fingerprint density at radius 1 is 1.19 bits per heavy atom. The Morgan fingerprint density at radius 2 is 1.98 bits per heavy atom. The van der Waals surface area contributed by atoms with Crippen LogP contribution in [0.3, 0.4) is 0 Å². The molecule has 1 N–H and O–H groups in total.